The second-order valence-electron chi connectivity index (χ2n) is 3.99. The summed E-state index contributed by atoms with van der Waals surface area (Å²) in [5.41, 5.74) is 0.513. The van der Waals surface area contributed by atoms with Gasteiger partial charge in [-0.3, -0.25) is 9.48 Å². The van der Waals surface area contributed by atoms with Crippen molar-refractivity contribution in [1.29, 1.82) is 0 Å². The fourth-order valence-corrected chi connectivity index (χ4v) is 0.985. The lowest BCUT2D eigenvalue weighted by atomic mass is 10.1. The largest absolute Gasteiger partial charge is 0.481 e. The van der Waals surface area contributed by atoms with E-state index in [0.717, 1.165) is 0 Å². The number of nitrogens with zero attached hydrogens (tertiary/aromatic N) is 2. The Morgan fingerprint density at radius 2 is 2.23 bits per heavy atom. The Kier molecular flexibility index (Phi) is 2.40. The maximum atomic E-state index is 10.4. The number of hydrogen-bond donors (Lipinski definition) is 1. The third-order valence-electron chi connectivity index (χ3n) is 1.66. The Bertz CT molecular complexity index is 310. The highest BCUT2D eigenvalue weighted by molar-refractivity contribution is 5.69. The van der Waals surface area contributed by atoms with Crippen LogP contribution in [-0.4, -0.2) is 20.9 Å². The fraction of sp³-hybridized carbons (Fsp3) is 0.556. The Balaban J connectivity index is 2.81. The highest BCUT2D eigenvalue weighted by Crippen LogP contribution is 2.12. The lowest BCUT2D eigenvalue weighted by Crippen LogP contribution is -2.22. The second-order valence-corrected chi connectivity index (χ2v) is 3.99. The molecule has 1 heterocycles. The number of aromatic nitrogens is 2. The number of carbonyl (C=O) groups is 1. The molecule has 1 aromatic rings. The molecule has 0 bridgehead atoms. The minimum Gasteiger partial charge on any atom is -0.481 e. The summed E-state index contributed by atoms with van der Waals surface area (Å²) >= 11 is 0. The Hall–Kier alpha value is -1.32. The molecule has 0 aromatic carbocycles. The summed E-state index contributed by atoms with van der Waals surface area (Å²) in [5.74, 6) is -0.848. The van der Waals surface area contributed by atoms with E-state index < -0.39 is 5.97 Å². The van der Waals surface area contributed by atoms with Gasteiger partial charge >= 0.3 is 5.97 Å². The van der Waals surface area contributed by atoms with Crippen molar-refractivity contribution < 1.29 is 9.90 Å². The van der Waals surface area contributed by atoms with E-state index in [2.05, 4.69) is 5.10 Å². The van der Waals surface area contributed by atoms with Crippen LogP contribution in [0.5, 0.6) is 0 Å². The molecule has 1 rings (SSSR count). The third kappa shape index (κ3) is 2.57. The van der Waals surface area contributed by atoms with E-state index >= 15 is 0 Å². The quantitative estimate of drug-likeness (QED) is 0.749. The Morgan fingerprint density at radius 3 is 2.62 bits per heavy atom. The molecule has 0 radical (unpaired) electrons. The van der Waals surface area contributed by atoms with E-state index in [1.165, 1.54) is 0 Å². The van der Waals surface area contributed by atoms with Crippen LogP contribution in [0.1, 0.15) is 26.5 Å². The van der Waals surface area contributed by atoms with Crippen molar-refractivity contribution >= 4 is 5.97 Å². The maximum Gasteiger partial charge on any atom is 0.309 e. The lowest BCUT2D eigenvalue weighted by molar-refractivity contribution is -0.136. The average Bonchev–Trinajstić information content (AvgIpc) is 2.32. The van der Waals surface area contributed by atoms with Gasteiger partial charge in [0.1, 0.15) is 0 Å². The molecule has 0 spiro atoms. The second kappa shape index (κ2) is 3.20. The molecule has 0 unspecified atom stereocenters. The first-order valence-corrected chi connectivity index (χ1v) is 4.16. The molecule has 0 aliphatic rings. The summed E-state index contributed by atoms with van der Waals surface area (Å²) in [6.07, 6.45) is 1.79. The lowest BCUT2D eigenvalue weighted by Gasteiger charge is -2.18. The van der Waals surface area contributed by atoms with Gasteiger partial charge in [-0.05, 0) is 26.8 Å². The van der Waals surface area contributed by atoms with Gasteiger partial charge < -0.3 is 5.11 Å². The van der Waals surface area contributed by atoms with Crippen LogP contribution in [0.2, 0.25) is 0 Å². The van der Waals surface area contributed by atoms with Gasteiger partial charge in [-0.1, -0.05) is 0 Å². The normalized spacial score (nSPS) is 11.6. The number of hydrogen-bond acceptors (Lipinski definition) is 2. The van der Waals surface area contributed by atoms with Gasteiger partial charge in [0.15, 0.2) is 0 Å². The fourth-order valence-electron chi connectivity index (χ4n) is 0.985. The van der Waals surface area contributed by atoms with Crippen molar-refractivity contribution in [3.05, 3.63) is 18.0 Å². The molecule has 0 aliphatic heterocycles. The standard InChI is InChI=1S/C9H14N2O2/c1-9(2,3)11-5-4-7(10-11)6-8(12)13/h4-5H,6H2,1-3H3,(H,12,13). The van der Waals surface area contributed by atoms with Crippen molar-refractivity contribution in [1.82, 2.24) is 9.78 Å². The van der Waals surface area contributed by atoms with Crippen LogP contribution in [0.15, 0.2) is 12.3 Å². The van der Waals surface area contributed by atoms with E-state index in [1.807, 2.05) is 20.8 Å². The molecule has 1 N–H and O–H groups in total. The summed E-state index contributed by atoms with van der Waals surface area (Å²) in [7, 11) is 0. The van der Waals surface area contributed by atoms with Crippen molar-refractivity contribution in [2.24, 2.45) is 0 Å². The van der Waals surface area contributed by atoms with Gasteiger partial charge in [0.2, 0.25) is 0 Å². The molecular weight excluding hydrogens is 168 g/mol. The minimum absolute atomic E-state index is 0.0108. The monoisotopic (exact) mass is 182 g/mol. The zero-order valence-electron chi connectivity index (χ0n) is 8.11. The van der Waals surface area contributed by atoms with E-state index in [4.69, 9.17) is 5.11 Å². The van der Waals surface area contributed by atoms with Crippen molar-refractivity contribution in [2.45, 2.75) is 32.7 Å². The van der Waals surface area contributed by atoms with Crippen LogP contribution in [0.4, 0.5) is 0 Å². The molecule has 0 saturated carbocycles. The third-order valence-corrected chi connectivity index (χ3v) is 1.66. The van der Waals surface area contributed by atoms with Crippen molar-refractivity contribution in [2.75, 3.05) is 0 Å². The van der Waals surface area contributed by atoms with Crippen LogP contribution in [-0.2, 0) is 16.8 Å². The van der Waals surface area contributed by atoms with Gasteiger partial charge in [0, 0.05) is 6.20 Å². The number of rotatable bonds is 2. The first kappa shape index (κ1) is 9.77. The number of carboxylic acids is 1. The van der Waals surface area contributed by atoms with Crippen LogP contribution >= 0.6 is 0 Å². The minimum atomic E-state index is -0.848. The van der Waals surface area contributed by atoms with Gasteiger partial charge in [0.25, 0.3) is 0 Å². The Labute approximate surface area is 77.2 Å². The van der Waals surface area contributed by atoms with E-state index in [0.29, 0.717) is 5.69 Å². The summed E-state index contributed by atoms with van der Waals surface area (Å²) in [5, 5.41) is 12.7. The summed E-state index contributed by atoms with van der Waals surface area (Å²) in [6, 6.07) is 1.74. The predicted molar refractivity (Wildman–Crippen MR) is 48.6 cm³/mol. The molecule has 13 heavy (non-hydrogen) atoms. The smallest absolute Gasteiger partial charge is 0.309 e. The molecule has 0 fully saturated rings. The van der Waals surface area contributed by atoms with Crippen LogP contribution in [0, 0.1) is 0 Å². The van der Waals surface area contributed by atoms with Gasteiger partial charge in [0.05, 0.1) is 17.7 Å². The maximum absolute atomic E-state index is 10.4. The van der Waals surface area contributed by atoms with Crippen molar-refractivity contribution in [3.63, 3.8) is 0 Å². The molecule has 72 valence electrons. The van der Waals surface area contributed by atoms with Gasteiger partial charge in [-0.2, -0.15) is 5.10 Å². The molecular formula is C9H14N2O2. The van der Waals surface area contributed by atoms with Gasteiger partial charge in [-0.25, -0.2) is 0 Å². The average molecular weight is 182 g/mol. The molecule has 0 aliphatic carbocycles. The summed E-state index contributed by atoms with van der Waals surface area (Å²) in [6.45, 7) is 6.06. The first-order valence-electron chi connectivity index (χ1n) is 4.16. The number of aliphatic carboxylic acids is 1. The van der Waals surface area contributed by atoms with E-state index in [-0.39, 0.29) is 12.0 Å². The van der Waals surface area contributed by atoms with Crippen LogP contribution in [0.25, 0.3) is 0 Å². The van der Waals surface area contributed by atoms with Crippen LogP contribution < -0.4 is 0 Å². The number of carboxylic acid groups (broad SMARTS) is 1. The zero-order valence-corrected chi connectivity index (χ0v) is 8.11. The zero-order chi connectivity index (χ0) is 10.1. The summed E-state index contributed by atoms with van der Waals surface area (Å²) < 4.78 is 1.77. The van der Waals surface area contributed by atoms with Gasteiger partial charge in [-0.15, -0.1) is 0 Å². The van der Waals surface area contributed by atoms with Crippen molar-refractivity contribution in [3.8, 4) is 0 Å². The molecule has 0 saturated heterocycles. The summed E-state index contributed by atoms with van der Waals surface area (Å²) in [4.78, 5) is 10.4. The van der Waals surface area contributed by atoms with E-state index in [9.17, 15) is 4.79 Å². The highest BCUT2D eigenvalue weighted by atomic mass is 16.4. The molecule has 0 atom stereocenters. The topological polar surface area (TPSA) is 55.1 Å². The van der Waals surface area contributed by atoms with Crippen LogP contribution in [0.3, 0.4) is 0 Å². The van der Waals surface area contributed by atoms with E-state index in [1.54, 1.807) is 16.9 Å². The highest BCUT2D eigenvalue weighted by Gasteiger charge is 2.14. The predicted octanol–water partition coefficient (Wildman–Crippen LogP) is 1.27. The SMILES string of the molecule is CC(C)(C)n1ccc(CC(=O)O)n1. The first-order chi connectivity index (χ1) is 5.89. The molecule has 4 nitrogen and oxygen atoms in total. The molecule has 1 aromatic heterocycles. The Morgan fingerprint density at radius 1 is 1.62 bits per heavy atom. The molecule has 4 heteroatoms. The molecule has 0 amide bonds.